The zero-order valence-corrected chi connectivity index (χ0v) is 14.5. The Bertz CT molecular complexity index is 873. The smallest absolute Gasteiger partial charge is 0.259 e. The highest BCUT2D eigenvalue weighted by atomic mass is 16.5. The van der Waals surface area contributed by atoms with Crippen molar-refractivity contribution in [2.75, 3.05) is 0 Å². The van der Waals surface area contributed by atoms with Gasteiger partial charge in [0.25, 0.3) is 11.6 Å². The van der Waals surface area contributed by atoms with Crippen LogP contribution in [0.25, 0.3) is 22.6 Å². The van der Waals surface area contributed by atoms with Gasteiger partial charge in [0, 0.05) is 6.04 Å². The van der Waals surface area contributed by atoms with Gasteiger partial charge in [-0.15, -0.1) is 0 Å². The van der Waals surface area contributed by atoms with Crippen molar-refractivity contribution in [3.8, 4) is 11.5 Å². The molecule has 0 bridgehead atoms. The maximum absolute atomic E-state index is 12.8. The lowest BCUT2D eigenvalue weighted by Crippen LogP contribution is -2.41. The Morgan fingerprint density at radius 3 is 2.71 bits per heavy atom. The van der Waals surface area contributed by atoms with Crippen LogP contribution in [0, 0.1) is 12.3 Å². The summed E-state index contributed by atoms with van der Waals surface area (Å²) in [5.41, 5.74) is 1.94. The SMILES string of the molecule is Cc1noc2nc(-c3ccco3)cc(C(=O)NC(C)C(C)(C)C)c12. The van der Waals surface area contributed by atoms with E-state index in [0.29, 0.717) is 33.8 Å². The molecule has 0 aromatic carbocycles. The average Bonchev–Trinajstić information content (AvgIpc) is 3.15. The lowest BCUT2D eigenvalue weighted by molar-refractivity contribution is 0.0911. The van der Waals surface area contributed by atoms with Gasteiger partial charge in [0.15, 0.2) is 5.76 Å². The molecule has 1 N–H and O–H groups in total. The highest BCUT2D eigenvalue weighted by Crippen LogP contribution is 2.28. The highest BCUT2D eigenvalue weighted by Gasteiger charge is 2.25. The van der Waals surface area contributed by atoms with E-state index in [2.05, 4.69) is 36.2 Å². The number of rotatable bonds is 3. The van der Waals surface area contributed by atoms with Crippen molar-refractivity contribution in [2.24, 2.45) is 5.41 Å². The van der Waals surface area contributed by atoms with Gasteiger partial charge in [0.05, 0.1) is 22.9 Å². The first-order valence-electron chi connectivity index (χ1n) is 7.89. The summed E-state index contributed by atoms with van der Waals surface area (Å²) < 4.78 is 10.7. The molecule has 3 aromatic rings. The molecule has 126 valence electrons. The van der Waals surface area contributed by atoms with E-state index in [0.717, 1.165) is 0 Å². The first-order valence-corrected chi connectivity index (χ1v) is 7.89. The lowest BCUT2D eigenvalue weighted by Gasteiger charge is -2.28. The minimum Gasteiger partial charge on any atom is -0.463 e. The summed E-state index contributed by atoms with van der Waals surface area (Å²) in [5, 5.41) is 7.62. The van der Waals surface area contributed by atoms with Gasteiger partial charge < -0.3 is 14.3 Å². The molecule has 0 aliphatic heterocycles. The van der Waals surface area contributed by atoms with Crippen molar-refractivity contribution in [1.82, 2.24) is 15.5 Å². The summed E-state index contributed by atoms with van der Waals surface area (Å²) >= 11 is 0. The van der Waals surface area contributed by atoms with Gasteiger partial charge in [-0.25, -0.2) is 4.98 Å². The van der Waals surface area contributed by atoms with Crippen LogP contribution >= 0.6 is 0 Å². The van der Waals surface area contributed by atoms with Crippen LogP contribution in [0.3, 0.4) is 0 Å². The first-order chi connectivity index (χ1) is 11.3. The molecule has 0 fully saturated rings. The van der Waals surface area contributed by atoms with Crippen molar-refractivity contribution in [1.29, 1.82) is 0 Å². The summed E-state index contributed by atoms with van der Waals surface area (Å²) in [7, 11) is 0. The summed E-state index contributed by atoms with van der Waals surface area (Å²) in [6, 6.07) is 5.28. The van der Waals surface area contributed by atoms with Gasteiger partial charge in [-0.2, -0.15) is 0 Å². The molecule has 0 spiro atoms. The maximum Gasteiger partial charge on any atom is 0.259 e. The number of aromatic nitrogens is 2. The summed E-state index contributed by atoms with van der Waals surface area (Å²) in [6.45, 7) is 10.0. The Balaban J connectivity index is 2.08. The van der Waals surface area contributed by atoms with Gasteiger partial charge in [-0.3, -0.25) is 4.79 Å². The van der Waals surface area contributed by atoms with Gasteiger partial charge in [0.2, 0.25) is 0 Å². The van der Waals surface area contributed by atoms with Crippen LogP contribution in [0.15, 0.2) is 33.4 Å². The molecule has 0 saturated heterocycles. The molecule has 1 atom stereocenters. The van der Waals surface area contributed by atoms with Crippen molar-refractivity contribution < 1.29 is 13.7 Å². The monoisotopic (exact) mass is 327 g/mol. The van der Waals surface area contributed by atoms with Crippen molar-refractivity contribution >= 4 is 17.0 Å². The van der Waals surface area contributed by atoms with Crippen molar-refractivity contribution in [3.63, 3.8) is 0 Å². The van der Waals surface area contributed by atoms with Crippen LogP contribution in [0.1, 0.15) is 43.7 Å². The van der Waals surface area contributed by atoms with Crippen molar-refractivity contribution in [3.05, 3.63) is 35.7 Å². The third-order valence-corrected chi connectivity index (χ3v) is 4.28. The minimum atomic E-state index is -0.177. The van der Waals surface area contributed by atoms with E-state index in [4.69, 9.17) is 8.94 Å². The number of nitrogens with zero attached hydrogens (tertiary/aromatic N) is 2. The topological polar surface area (TPSA) is 81.2 Å². The molecule has 1 amide bonds. The second-order valence-corrected chi connectivity index (χ2v) is 7.04. The van der Waals surface area contributed by atoms with Gasteiger partial charge in [0.1, 0.15) is 5.69 Å². The predicted octanol–water partition coefficient (Wildman–Crippen LogP) is 3.96. The Labute approximate surface area is 140 Å². The minimum absolute atomic E-state index is 0.000411. The number of hydrogen-bond acceptors (Lipinski definition) is 5. The van der Waals surface area contributed by atoms with Crippen LogP contribution < -0.4 is 5.32 Å². The predicted molar refractivity (Wildman–Crippen MR) is 90.6 cm³/mol. The summed E-state index contributed by atoms with van der Waals surface area (Å²) in [5.74, 6) is 0.396. The van der Waals surface area contributed by atoms with Crippen LogP contribution in [0.5, 0.6) is 0 Å². The molecule has 3 aromatic heterocycles. The van der Waals surface area contributed by atoms with E-state index in [-0.39, 0.29) is 17.4 Å². The number of pyridine rings is 1. The van der Waals surface area contributed by atoms with Crippen LogP contribution in [-0.2, 0) is 0 Å². The quantitative estimate of drug-likeness (QED) is 0.787. The first kappa shape index (κ1) is 16.2. The third kappa shape index (κ3) is 2.91. The zero-order valence-electron chi connectivity index (χ0n) is 14.5. The molecule has 3 heterocycles. The second kappa shape index (κ2) is 5.78. The fourth-order valence-electron chi connectivity index (χ4n) is 2.32. The number of aryl methyl sites for hydroxylation is 1. The number of nitrogens with one attached hydrogen (secondary N) is 1. The zero-order chi connectivity index (χ0) is 17.5. The Kier molecular flexibility index (Phi) is 3.91. The number of hydrogen-bond donors (Lipinski definition) is 1. The molecule has 0 radical (unpaired) electrons. The van der Waals surface area contributed by atoms with E-state index in [9.17, 15) is 4.79 Å². The average molecular weight is 327 g/mol. The van der Waals surface area contributed by atoms with Crippen LogP contribution in [-0.4, -0.2) is 22.1 Å². The summed E-state index contributed by atoms with van der Waals surface area (Å²) in [4.78, 5) is 17.3. The van der Waals surface area contributed by atoms with Crippen LogP contribution in [0.2, 0.25) is 0 Å². The van der Waals surface area contributed by atoms with Gasteiger partial charge in [-0.05, 0) is 37.5 Å². The molecule has 6 nitrogen and oxygen atoms in total. The van der Waals surface area contributed by atoms with Gasteiger partial charge >= 0.3 is 0 Å². The number of amides is 1. The maximum atomic E-state index is 12.8. The molecule has 24 heavy (non-hydrogen) atoms. The van der Waals surface area contributed by atoms with E-state index < -0.39 is 0 Å². The van der Waals surface area contributed by atoms with E-state index >= 15 is 0 Å². The molecule has 0 saturated carbocycles. The van der Waals surface area contributed by atoms with E-state index in [1.54, 1.807) is 31.4 Å². The van der Waals surface area contributed by atoms with E-state index in [1.807, 2.05) is 6.92 Å². The lowest BCUT2D eigenvalue weighted by atomic mass is 9.88. The Hall–Kier alpha value is -2.63. The number of carbonyl (C=O) groups is 1. The molecular formula is C18H21N3O3. The third-order valence-electron chi connectivity index (χ3n) is 4.28. The number of fused-ring (bicyclic) bond motifs is 1. The Morgan fingerprint density at radius 1 is 1.33 bits per heavy atom. The molecule has 0 aliphatic carbocycles. The van der Waals surface area contributed by atoms with Crippen molar-refractivity contribution in [2.45, 2.75) is 40.7 Å². The highest BCUT2D eigenvalue weighted by molar-refractivity contribution is 6.07. The fraction of sp³-hybridized carbons (Fsp3) is 0.389. The number of furan rings is 1. The second-order valence-electron chi connectivity index (χ2n) is 7.04. The van der Waals surface area contributed by atoms with Crippen LogP contribution in [0.4, 0.5) is 0 Å². The summed E-state index contributed by atoms with van der Waals surface area (Å²) in [6.07, 6.45) is 1.56. The largest absolute Gasteiger partial charge is 0.463 e. The van der Waals surface area contributed by atoms with Gasteiger partial charge in [-0.1, -0.05) is 25.9 Å². The molecule has 6 heteroatoms. The normalized spacial score (nSPS) is 13.2. The number of carbonyl (C=O) groups excluding carboxylic acids is 1. The molecule has 1 unspecified atom stereocenters. The standard InChI is InChI=1S/C18H21N3O3/c1-10-15-12(16(22)19-11(2)18(3,4)5)9-13(14-7-6-8-23-14)20-17(15)24-21-10/h6-9,11H,1-5H3,(H,19,22). The fourth-order valence-corrected chi connectivity index (χ4v) is 2.32. The Morgan fingerprint density at radius 2 is 2.08 bits per heavy atom. The molecular weight excluding hydrogens is 306 g/mol. The molecule has 3 rings (SSSR count). The molecule has 0 aliphatic rings. The van der Waals surface area contributed by atoms with E-state index in [1.165, 1.54) is 0 Å².